The Morgan fingerprint density at radius 2 is 1.94 bits per heavy atom. The van der Waals surface area contributed by atoms with Gasteiger partial charge in [0.05, 0.1) is 35.1 Å². The Hall–Kier alpha value is -4.05. The lowest BCUT2D eigenvalue weighted by Crippen LogP contribution is -2.32. The molecule has 9 nitrogen and oxygen atoms in total. The third kappa shape index (κ3) is 4.96. The first kappa shape index (κ1) is 23.1. The van der Waals surface area contributed by atoms with Crippen LogP contribution in [0.2, 0.25) is 0 Å². The van der Waals surface area contributed by atoms with E-state index in [9.17, 15) is 19.7 Å². The average molecular weight is 480 g/mol. The van der Waals surface area contributed by atoms with Crippen LogP contribution in [-0.4, -0.2) is 41.2 Å². The number of ether oxygens (including phenoxy) is 2. The van der Waals surface area contributed by atoms with Gasteiger partial charge in [-0.05, 0) is 60.6 Å². The lowest BCUT2D eigenvalue weighted by Gasteiger charge is -2.13. The first-order valence-corrected chi connectivity index (χ1v) is 11.0. The summed E-state index contributed by atoms with van der Waals surface area (Å²) in [6.45, 7) is 2.22. The maximum atomic E-state index is 12.7. The summed E-state index contributed by atoms with van der Waals surface area (Å²) < 4.78 is 16.4. The van der Waals surface area contributed by atoms with Crippen LogP contribution in [0.4, 0.5) is 10.5 Å². The number of amides is 2. The molecule has 3 aromatic rings. The predicted molar refractivity (Wildman–Crippen MR) is 127 cm³/mol. The van der Waals surface area contributed by atoms with Crippen LogP contribution in [0.25, 0.3) is 17.4 Å². The van der Waals surface area contributed by atoms with Gasteiger partial charge in [-0.3, -0.25) is 24.6 Å². The van der Waals surface area contributed by atoms with Crippen molar-refractivity contribution in [1.29, 1.82) is 0 Å². The van der Waals surface area contributed by atoms with E-state index in [1.807, 2.05) is 31.2 Å². The molecule has 0 saturated carbocycles. The van der Waals surface area contributed by atoms with E-state index >= 15 is 0 Å². The van der Waals surface area contributed by atoms with Crippen molar-refractivity contribution in [2.24, 2.45) is 0 Å². The summed E-state index contributed by atoms with van der Waals surface area (Å²) in [6.07, 6.45) is 1.45. The Labute approximate surface area is 199 Å². The largest absolute Gasteiger partial charge is 0.497 e. The first-order chi connectivity index (χ1) is 16.4. The van der Waals surface area contributed by atoms with Crippen LogP contribution < -0.4 is 9.47 Å². The Balaban J connectivity index is 1.46. The maximum absolute atomic E-state index is 12.7. The van der Waals surface area contributed by atoms with E-state index in [2.05, 4.69) is 0 Å². The molecule has 1 fully saturated rings. The van der Waals surface area contributed by atoms with Crippen LogP contribution in [0.3, 0.4) is 0 Å². The molecule has 0 bridgehead atoms. The minimum absolute atomic E-state index is 0.109. The van der Waals surface area contributed by atoms with Gasteiger partial charge in [0.15, 0.2) is 0 Å². The molecule has 4 rings (SSSR count). The van der Waals surface area contributed by atoms with Crippen LogP contribution in [-0.2, 0) is 4.79 Å². The highest BCUT2D eigenvalue weighted by Gasteiger charge is 2.35. The molecule has 174 valence electrons. The highest BCUT2D eigenvalue weighted by Crippen LogP contribution is 2.36. The lowest BCUT2D eigenvalue weighted by atomic mass is 10.1. The Morgan fingerprint density at radius 3 is 2.68 bits per heavy atom. The third-order valence-corrected chi connectivity index (χ3v) is 5.92. The van der Waals surface area contributed by atoms with Gasteiger partial charge in [-0.25, -0.2) is 0 Å². The van der Waals surface area contributed by atoms with Crippen molar-refractivity contribution < 1.29 is 28.4 Å². The fourth-order valence-corrected chi connectivity index (χ4v) is 4.20. The summed E-state index contributed by atoms with van der Waals surface area (Å²) in [5, 5.41) is 11.1. The Bertz CT molecular complexity index is 1300. The topological polar surface area (TPSA) is 112 Å². The van der Waals surface area contributed by atoms with E-state index in [0.717, 1.165) is 22.2 Å². The molecule has 0 unspecified atom stereocenters. The summed E-state index contributed by atoms with van der Waals surface area (Å²) in [5.41, 5.74) is 1.14. The molecule has 10 heteroatoms. The summed E-state index contributed by atoms with van der Waals surface area (Å²) >= 11 is 0.802. The predicted octanol–water partition coefficient (Wildman–Crippen LogP) is 5.29. The number of aryl methyl sites for hydroxylation is 1. The number of hydrogen-bond donors (Lipinski definition) is 0. The number of methoxy groups -OCH3 is 1. The molecular weight excluding hydrogens is 460 g/mol. The van der Waals surface area contributed by atoms with Crippen molar-refractivity contribution in [2.75, 3.05) is 20.3 Å². The number of hydrogen-bond acceptors (Lipinski definition) is 8. The minimum Gasteiger partial charge on any atom is -0.497 e. The molecule has 2 heterocycles. The van der Waals surface area contributed by atoms with Crippen molar-refractivity contribution in [3.05, 3.63) is 80.9 Å². The van der Waals surface area contributed by atoms with Crippen LogP contribution in [0.1, 0.15) is 11.3 Å². The van der Waals surface area contributed by atoms with Crippen molar-refractivity contribution in [3.8, 4) is 22.8 Å². The third-order valence-electron chi connectivity index (χ3n) is 5.01. The number of benzene rings is 2. The molecule has 2 aromatic carbocycles. The molecule has 1 aliphatic heterocycles. The van der Waals surface area contributed by atoms with Gasteiger partial charge in [0, 0.05) is 6.08 Å². The Morgan fingerprint density at radius 1 is 1.12 bits per heavy atom. The summed E-state index contributed by atoms with van der Waals surface area (Å²) in [7, 11) is 1.42. The number of carbonyl (C=O) groups is 2. The van der Waals surface area contributed by atoms with Gasteiger partial charge in [-0.15, -0.1) is 0 Å². The smallest absolute Gasteiger partial charge is 0.293 e. The van der Waals surface area contributed by atoms with Crippen molar-refractivity contribution in [1.82, 2.24) is 4.90 Å². The maximum Gasteiger partial charge on any atom is 0.293 e. The lowest BCUT2D eigenvalue weighted by molar-refractivity contribution is -0.384. The molecule has 2 amide bonds. The first-order valence-electron chi connectivity index (χ1n) is 10.2. The molecule has 0 atom stereocenters. The number of furan rings is 1. The van der Waals surface area contributed by atoms with E-state index in [0.29, 0.717) is 17.3 Å². The van der Waals surface area contributed by atoms with Crippen LogP contribution in [0, 0.1) is 17.0 Å². The minimum atomic E-state index is -0.524. The molecule has 1 aromatic heterocycles. The summed E-state index contributed by atoms with van der Waals surface area (Å²) in [5.74, 6) is 1.12. The van der Waals surface area contributed by atoms with Gasteiger partial charge in [-0.2, -0.15) is 0 Å². The van der Waals surface area contributed by atoms with Gasteiger partial charge in [0.25, 0.3) is 16.8 Å². The molecule has 0 spiro atoms. The quantitative estimate of drug-likeness (QED) is 0.243. The fourth-order valence-electron chi connectivity index (χ4n) is 3.35. The van der Waals surface area contributed by atoms with Gasteiger partial charge in [0.1, 0.15) is 29.6 Å². The number of imide groups is 1. The van der Waals surface area contributed by atoms with E-state index in [1.54, 1.807) is 18.2 Å². The number of nitro groups is 1. The molecule has 0 N–H and O–H groups in total. The summed E-state index contributed by atoms with van der Waals surface area (Å²) in [4.78, 5) is 37.3. The standard InChI is InChI=1S/C24H20N2O7S/c1-15-4-3-5-17(12-15)32-11-10-25-23(27)22(34-24(25)28)14-18-7-9-21(33-18)19-8-6-16(31-2)13-20(19)26(29)30/h3-9,12-14H,10-11H2,1-2H3/b22-14-. The SMILES string of the molecule is COc1ccc(-c2ccc(/C=C3\SC(=O)N(CCOc4cccc(C)c4)C3=O)o2)c([N+](=O)[O-])c1. The normalized spacial score (nSPS) is 14.6. The highest BCUT2D eigenvalue weighted by molar-refractivity contribution is 8.18. The molecule has 1 aliphatic rings. The monoisotopic (exact) mass is 480 g/mol. The molecule has 1 saturated heterocycles. The van der Waals surface area contributed by atoms with Crippen molar-refractivity contribution in [2.45, 2.75) is 6.92 Å². The number of rotatable bonds is 8. The van der Waals surface area contributed by atoms with E-state index in [1.165, 1.54) is 25.3 Å². The summed E-state index contributed by atoms with van der Waals surface area (Å²) in [6, 6.07) is 15.1. The zero-order chi connectivity index (χ0) is 24.2. The van der Waals surface area contributed by atoms with Gasteiger partial charge in [-0.1, -0.05) is 12.1 Å². The second kappa shape index (κ2) is 9.84. The fraction of sp³-hybridized carbons (Fsp3) is 0.167. The molecule has 0 aliphatic carbocycles. The zero-order valence-electron chi connectivity index (χ0n) is 18.3. The number of nitrogens with zero attached hydrogens (tertiary/aromatic N) is 2. The Kier molecular flexibility index (Phi) is 6.69. The molecule has 0 radical (unpaired) electrons. The van der Waals surface area contributed by atoms with E-state index < -0.39 is 16.1 Å². The average Bonchev–Trinajstić information content (AvgIpc) is 3.38. The second-order valence-electron chi connectivity index (χ2n) is 7.34. The highest BCUT2D eigenvalue weighted by atomic mass is 32.2. The van der Waals surface area contributed by atoms with Gasteiger partial charge < -0.3 is 13.9 Å². The van der Waals surface area contributed by atoms with Crippen molar-refractivity contribution in [3.63, 3.8) is 0 Å². The second-order valence-corrected chi connectivity index (χ2v) is 8.33. The van der Waals surface area contributed by atoms with Crippen LogP contribution >= 0.6 is 11.8 Å². The van der Waals surface area contributed by atoms with Gasteiger partial charge in [0.2, 0.25) is 0 Å². The zero-order valence-corrected chi connectivity index (χ0v) is 19.2. The van der Waals surface area contributed by atoms with Gasteiger partial charge >= 0.3 is 0 Å². The molecular formula is C24H20N2O7S. The number of nitro benzene ring substituents is 1. The van der Waals surface area contributed by atoms with E-state index in [-0.39, 0.29) is 35.1 Å². The number of carbonyl (C=O) groups excluding carboxylic acids is 2. The molecule has 34 heavy (non-hydrogen) atoms. The van der Waals surface area contributed by atoms with Crippen molar-refractivity contribution >= 4 is 34.7 Å². The van der Waals surface area contributed by atoms with Crippen LogP contribution in [0.15, 0.2) is 63.9 Å². The van der Waals surface area contributed by atoms with Crippen LogP contribution in [0.5, 0.6) is 11.5 Å². The van der Waals surface area contributed by atoms with E-state index in [4.69, 9.17) is 13.9 Å². The number of thioether (sulfide) groups is 1.